The fourth-order valence-corrected chi connectivity index (χ4v) is 5.92. The van der Waals surface area contributed by atoms with Gasteiger partial charge < -0.3 is 4.90 Å². The Morgan fingerprint density at radius 1 is 0.800 bits per heavy atom. The van der Waals surface area contributed by atoms with E-state index < -0.39 is 0 Å². The van der Waals surface area contributed by atoms with E-state index in [2.05, 4.69) is 0 Å². The van der Waals surface area contributed by atoms with Crippen LogP contribution < -0.4 is 0 Å². The second-order valence-electron chi connectivity index (χ2n) is 8.62. The molecule has 1 spiro atoms. The van der Waals surface area contributed by atoms with Crippen molar-refractivity contribution in [3.8, 4) is 0 Å². The smallest absolute Gasteiger partial charge is 0.261 e. The molecular formula is C25H26N2O3. The Bertz CT molecular complexity index is 1000. The molecule has 0 radical (unpaired) electrons. The highest BCUT2D eigenvalue weighted by atomic mass is 16.2. The summed E-state index contributed by atoms with van der Waals surface area (Å²) in [6, 6.07) is 14.8. The van der Waals surface area contributed by atoms with E-state index >= 15 is 0 Å². The molecule has 2 aliphatic heterocycles. The largest absolute Gasteiger partial charge is 0.333 e. The first kappa shape index (κ1) is 19.0. The summed E-state index contributed by atoms with van der Waals surface area (Å²) in [5.74, 6) is -0.444. The summed E-state index contributed by atoms with van der Waals surface area (Å²) in [6.45, 7) is 2.97. The first-order valence-corrected chi connectivity index (χ1v) is 10.9. The minimum Gasteiger partial charge on any atom is -0.333 e. The first-order chi connectivity index (χ1) is 14.6. The number of carbonyl (C=O) groups excluding carboxylic acids is 3. The fraction of sp³-hybridized carbons (Fsp3) is 0.400. The normalized spacial score (nSPS) is 22.4. The van der Waals surface area contributed by atoms with Crippen LogP contribution in [-0.4, -0.2) is 46.1 Å². The van der Waals surface area contributed by atoms with Crippen LogP contribution in [0.1, 0.15) is 81.6 Å². The molecule has 5 heteroatoms. The summed E-state index contributed by atoms with van der Waals surface area (Å²) in [5, 5.41) is 0. The van der Waals surface area contributed by atoms with Gasteiger partial charge in [0.2, 0.25) is 0 Å². The number of rotatable bonds is 3. The lowest BCUT2D eigenvalue weighted by molar-refractivity contribution is 0.0108. The molecule has 1 aliphatic carbocycles. The second kappa shape index (κ2) is 7.08. The van der Waals surface area contributed by atoms with Gasteiger partial charge in [0.1, 0.15) is 0 Å². The lowest BCUT2D eigenvalue weighted by Crippen LogP contribution is -2.61. The lowest BCUT2D eigenvalue weighted by Gasteiger charge is -2.54. The van der Waals surface area contributed by atoms with Gasteiger partial charge in [0.05, 0.1) is 16.7 Å². The zero-order chi connectivity index (χ0) is 20.9. The second-order valence-corrected chi connectivity index (χ2v) is 8.62. The van der Waals surface area contributed by atoms with E-state index in [1.54, 1.807) is 24.3 Å². The van der Waals surface area contributed by atoms with Crippen molar-refractivity contribution in [1.29, 1.82) is 0 Å². The molecule has 0 saturated heterocycles. The maximum atomic E-state index is 13.4. The molecule has 3 aliphatic rings. The molecule has 1 atom stereocenters. The maximum absolute atomic E-state index is 13.4. The molecule has 2 aromatic carbocycles. The fourth-order valence-electron chi connectivity index (χ4n) is 5.92. The third-order valence-corrected chi connectivity index (χ3v) is 7.28. The Balaban J connectivity index is 1.61. The number of amides is 3. The molecule has 2 heterocycles. The van der Waals surface area contributed by atoms with E-state index in [0.717, 1.165) is 37.7 Å². The van der Waals surface area contributed by atoms with Gasteiger partial charge in [0.15, 0.2) is 0 Å². The first-order valence-electron chi connectivity index (χ1n) is 10.9. The molecule has 0 bridgehead atoms. The summed E-state index contributed by atoms with van der Waals surface area (Å²) in [7, 11) is 0. The van der Waals surface area contributed by atoms with Gasteiger partial charge in [-0.15, -0.1) is 0 Å². The zero-order valence-electron chi connectivity index (χ0n) is 17.3. The van der Waals surface area contributed by atoms with Crippen molar-refractivity contribution >= 4 is 17.7 Å². The Morgan fingerprint density at radius 3 is 1.97 bits per heavy atom. The van der Waals surface area contributed by atoms with Crippen LogP contribution in [0, 0.1) is 0 Å². The van der Waals surface area contributed by atoms with Crippen LogP contribution >= 0.6 is 0 Å². The van der Waals surface area contributed by atoms with Gasteiger partial charge in [0, 0.05) is 24.6 Å². The summed E-state index contributed by atoms with van der Waals surface area (Å²) < 4.78 is 0. The van der Waals surface area contributed by atoms with Gasteiger partial charge >= 0.3 is 0 Å². The minimum absolute atomic E-state index is 0.0751. The Hall–Kier alpha value is -2.95. The molecule has 154 valence electrons. The Kier molecular flexibility index (Phi) is 4.49. The van der Waals surface area contributed by atoms with Crippen molar-refractivity contribution in [3.05, 3.63) is 70.8 Å². The molecule has 1 fully saturated rings. The van der Waals surface area contributed by atoms with Crippen molar-refractivity contribution < 1.29 is 14.4 Å². The van der Waals surface area contributed by atoms with Crippen molar-refractivity contribution in [1.82, 2.24) is 9.80 Å². The van der Waals surface area contributed by atoms with Gasteiger partial charge in [-0.25, -0.2) is 0 Å². The highest BCUT2D eigenvalue weighted by molar-refractivity contribution is 6.21. The molecule has 0 aromatic heterocycles. The average Bonchev–Trinajstić information content (AvgIpc) is 3.02. The van der Waals surface area contributed by atoms with Crippen LogP contribution in [0.15, 0.2) is 48.5 Å². The van der Waals surface area contributed by atoms with E-state index in [0.29, 0.717) is 29.8 Å². The maximum Gasteiger partial charge on any atom is 0.261 e. The van der Waals surface area contributed by atoms with E-state index in [-0.39, 0.29) is 29.2 Å². The molecule has 2 aromatic rings. The topological polar surface area (TPSA) is 57.7 Å². The number of imide groups is 1. The number of hydrogen-bond acceptors (Lipinski definition) is 3. The summed E-state index contributed by atoms with van der Waals surface area (Å²) in [4.78, 5) is 43.0. The van der Waals surface area contributed by atoms with E-state index in [9.17, 15) is 14.4 Å². The molecule has 30 heavy (non-hydrogen) atoms. The third kappa shape index (κ3) is 2.57. The van der Waals surface area contributed by atoms with E-state index in [4.69, 9.17) is 0 Å². The number of carbonyl (C=O) groups is 3. The molecule has 5 rings (SSSR count). The molecule has 1 saturated carbocycles. The van der Waals surface area contributed by atoms with Crippen LogP contribution in [0.5, 0.6) is 0 Å². The number of benzene rings is 2. The number of nitrogens with zero attached hydrogens (tertiary/aromatic N) is 2. The summed E-state index contributed by atoms with van der Waals surface area (Å²) in [6.07, 6.45) is 5.10. The van der Waals surface area contributed by atoms with E-state index in [1.807, 2.05) is 36.1 Å². The minimum atomic E-state index is -0.340. The van der Waals surface area contributed by atoms with Crippen molar-refractivity contribution in [2.24, 2.45) is 0 Å². The number of hydrogen-bond donors (Lipinski definition) is 0. The molecule has 1 unspecified atom stereocenters. The van der Waals surface area contributed by atoms with Gasteiger partial charge in [0.25, 0.3) is 17.7 Å². The monoisotopic (exact) mass is 402 g/mol. The van der Waals surface area contributed by atoms with Crippen LogP contribution in [0.4, 0.5) is 0 Å². The zero-order valence-corrected chi connectivity index (χ0v) is 17.3. The highest BCUT2D eigenvalue weighted by Crippen LogP contribution is 2.49. The van der Waals surface area contributed by atoms with Crippen molar-refractivity contribution in [2.45, 2.75) is 50.5 Å². The number of likely N-dealkylation sites (N-methyl/N-ethyl adjacent to an activating group) is 1. The highest BCUT2D eigenvalue weighted by Gasteiger charge is 2.53. The van der Waals surface area contributed by atoms with Crippen LogP contribution in [0.2, 0.25) is 0 Å². The average molecular weight is 402 g/mol. The standard InChI is InChI=1S/C25H26N2O3/c1-2-27-24(30)18-11-5-4-10-17(18)21(25(27)14-8-3-9-15-25)16-26-22(28)19-12-6-7-13-20(19)23(26)29/h4-7,10-13,21H,2-3,8-9,14-16H2,1H3. The van der Waals surface area contributed by atoms with Gasteiger partial charge in [-0.05, 0) is 43.5 Å². The van der Waals surface area contributed by atoms with Crippen molar-refractivity contribution in [3.63, 3.8) is 0 Å². The Morgan fingerprint density at radius 2 is 1.37 bits per heavy atom. The van der Waals surface area contributed by atoms with Gasteiger partial charge in [-0.3, -0.25) is 19.3 Å². The summed E-state index contributed by atoms with van der Waals surface area (Å²) in [5.41, 5.74) is 2.30. The number of fused-ring (bicyclic) bond motifs is 2. The quantitative estimate of drug-likeness (QED) is 0.722. The van der Waals surface area contributed by atoms with E-state index in [1.165, 1.54) is 4.90 Å². The van der Waals surface area contributed by atoms with Crippen molar-refractivity contribution in [2.75, 3.05) is 13.1 Å². The third-order valence-electron chi connectivity index (χ3n) is 7.28. The SMILES string of the molecule is CCN1C(=O)c2ccccc2C(CN2C(=O)c3ccccc3C2=O)C12CCCCC2. The summed E-state index contributed by atoms with van der Waals surface area (Å²) >= 11 is 0. The van der Waals surface area contributed by atoms with Crippen LogP contribution in [0.25, 0.3) is 0 Å². The van der Waals surface area contributed by atoms with Crippen LogP contribution in [0.3, 0.4) is 0 Å². The predicted octanol–water partition coefficient (Wildman–Crippen LogP) is 4.25. The van der Waals surface area contributed by atoms with Gasteiger partial charge in [-0.2, -0.15) is 0 Å². The molecular weight excluding hydrogens is 376 g/mol. The molecule has 5 nitrogen and oxygen atoms in total. The predicted molar refractivity (Wildman–Crippen MR) is 114 cm³/mol. The molecule has 3 amide bonds. The lowest BCUT2D eigenvalue weighted by atomic mass is 9.65. The van der Waals surface area contributed by atoms with Crippen LogP contribution in [-0.2, 0) is 0 Å². The Labute approximate surface area is 176 Å². The van der Waals surface area contributed by atoms with Gasteiger partial charge in [-0.1, -0.05) is 49.6 Å². The molecule has 0 N–H and O–H groups in total.